The Morgan fingerprint density at radius 2 is 1.94 bits per heavy atom. The molecule has 0 unspecified atom stereocenters. The third-order valence-corrected chi connectivity index (χ3v) is 4.00. The molecule has 1 aromatic rings. The Morgan fingerprint density at radius 3 is 2.50 bits per heavy atom. The molecule has 1 nitrogen and oxygen atoms in total. The first-order valence-electron chi connectivity index (χ1n) is 6.56. The van der Waals surface area contributed by atoms with Gasteiger partial charge in [-0.1, -0.05) is 36.6 Å². The first-order valence-corrected chi connectivity index (χ1v) is 6.94. The predicted molar refractivity (Wildman–Crippen MR) is 77.0 cm³/mol. The minimum atomic E-state index is 0.0727. The first-order chi connectivity index (χ1) is 8.58. The number of carbonyl (C=O) groups is 1. The van der Waals surface area contributed by atoms with Crippen LogP contribution in [0.1, 0.15) is 56.6 Å². The maximum absolute atomic E-state index is 11.1. The van der Waals surface area contributed by atoms with Crippen LogP contribution in [0.5, 0.6) is 0 Å². The van der Waals surface area contributed by atoms with Gasteiger partial charge in [0.1, 0.15) is 0 Å². The summed E-state index contributed by atoms with van der Waals surface area (Å²) in [5, 5.41) is 0.843. The fourth-order valence-electron chi connectivity index (χ4n) is 2.73. The van der Waals surface area contributed by atoms with Crippen LogP contribution in [-0.4, -0.2) is 5.78 Å². The Hall–Kier alpha value is -1.08. The average Bonchev–Trinajstić information content (AvgIpc) is 2.81. The lowest BCUT2D eigenvalue weighted by molar-refractivity contribution is -0.112. The fraction of sp³-hybridized carbons (Fsp3) is 0.438. The Kier molecular flexibility index (Phi) is 4.23. The summed E-state index contributed by atoms with van der Waals surface area (Å²) < 4.78 is 0. The van der Waals surface area contributed by atoms with Gasteiger partial charge in [-0.3, -0.25) is 4.79 Å². The van der Waals surface area contributed by atoms with Gasteiger partial charge in [0.2, 0.25) is 0 Å². The molecule has 0 heterocycles. The minimum Gasteiger partial charge on any atom is -0.295 e. The smallest absolute Gasteiger partial charge is 0.152 e. The molecule has 18 heavy (non-hydrogen) atoms. The van der Waals surface area contributed by atoms with Crippen molar-refractivity contribution in [3.8, 4) is 0 Å². The van der Waals surface area contributed by atoms with Crippen LogP contribution in [0, 0.1) is 0 Å². The van der Waals surface area contributed by atoms with Crippen molar-refractivity contribution in [1.82, 2.24) is 0 Å². The number of halogens is 1. The highest BCUT2D eigenvalue weighted by Gasteiger charge is 2.19. The van der Waals surface area contributed by atoms with E-state index < -0.39 is 0 Å². The molecular weight excluding hydrogens is 244 g/mol. The number of carbonyl (C=O) groups excluding carboxylic acids is 1. The maximum Gasteiger partial charge on any atom is 0.152 e. The van der Waals surface area contributed by atoms with E-state index in [0.29, 0.717) is 5.92 Å². The third kappa shape index (κ3) is 3.02. The van der Waals surface area contributed by atoms with Crippen molar-refractivity contribution in [2.24, 2.45) is 0 Å². The van der Waals surface area contributed by atoms with E-state index in [2.05, 4.69) is 12.1 Å². The van der Waals surface area contributed by atoms with Gasteiger partial charge in [0.15, 0.2) is 5.78 Å². The molecule has 2 heteroatoms. The molecule has 0 amide bonds. The molecule has 0 atom stereocenters. The molecule has 0 bridgehead atoms. The summed E-state index contributed by atoms with van der Waals surface area (Å²) in [6.45, 7) is 3.51. The number of hydrogen-bond donors (Lipinski definition) is 0. The van der Waals surface area contributed by atoms with Crippen molar-refractivity contribution < 1.29 is 4.79 Å². The van der Waals surface area contributed by atoms with E-state index in [1.54, 1.807) is 13.0 Å². The molecule has 1 aliphatic rings. The monoisotopic (exact) mass is 262 g/mol. The highest BCUT2D eigenvalue weighted by molar-refractivity contribution is 6.31. The van der Waals surface area contributed by atoms with Crippen LogP contribution in [0.15, 0.2) is 24.3 Å². The quantitative estimate of drug-likeness (QED) is 0.702. The van der Waals surface area contributed by atoms with E-state index in [4.69, 9.17) is 11.6 Å². The largest absolute Gasteiger partial charge is 0.295 e. The summed E-state index contributed by atoms with van der Waals surface area (Å²) in [7, 11) is 0. The Bertz CT molecular complexity index is 482. The summed E-state index contributed by atoms with van der Waals surface area (Å²) in [5.74, 6) is 0.701. The molecule has 0 saturated heterocycles. The molecule has 0 aliphatic heterocycles. The second-order valence-corrected chi connectivity index (χ2v) is 5.56. The molecule has 0 aromatic heterocycles. The van der Waals surface area contributed by atoms with Crippen molar-refractivity contribution in [3.05, 3.63) is 40.4 Å². The summed E-state index contributed by atoms with van der Waals surface area (Å²) in [6, 6.07) is 6.20. The highest BCUT2D eigenvalue weighted by atomic mass is 35.5. The lowest BCUT2D eigenvalue weighted by Gasteiger charge is -2.13. The Labute approximate surface area is 114 Å². The number of hydrogen-bond acceptors (Lipinski definition) is 1. The average molecular weight is 263 g/mol. The summed E-state index contributed by atoms with van der Waals surface area (Å²) in [5.41, 5.74) is 3.29. The van der Waals surface area contributed by atoms with Crippen molar-refractivity contribution in [3.63, 3.8) is 0 Å². The molecule has 0 N–H and O–H groups in total. The SMILES string of the molecule is CC(=O)/C=C(\C)c1ccc(C2CCCC2)c(Cl)c1. The van der Waals surface area contributed by atoms with Crippen LogP contribution >= 0.6 is 11.6 Å². The fourth-order valence-corrected chi connectivity index (χ4v) is 3.06. The van der Waals surface area contributed by atoms with Gasteiger partial charge in [0.25, 0.3) is 0 Å². The summed E-state index contributed by atoms with van der Waals surface area (Å²) >= 11 is 6.38. The standard InChI is InChI=1S/C16H19ClO/c1-11(9-12(2)18)14-7-8-15(16(17)10-14)13-5-3-4-6-13/h7-10,13H,3-6H2,1-2H3/b11-9+. The van der Waals surface area contributed by atoms with E-state index in [9.17, 15) is 4.79 Å². The van der Waals surface area contributed by atoms with Gasteiger partial charge in [0, 0.05) is 5.02 Å². The summed E-state index contributed by atoms with van der Waals surface area (Å²) in [4.78, 5) is 11.1. The number of rotatable bonds is 3. The molecule has 0 radical (unpaired) electrons. The van der Waals surface area contributed by atoms with Crippen LogP contribution in [0.2, 0.25) is 5.02 Å². The highest BCUT2D eigenvalue weighted by Crippen LogP contribution is 2.38. The van der Waals surface area contributed by atoms with Crippen LogP contribution < -0.4 is 0 Å². The number of benzene rings is 1. The first kappa shape index (κ1) is 13.4. The van der Waals surface area contributed by atoms with Gasteiger partial charge in [-0.15, -0.1) is 0 Å². The van der Waals surface area contributed by atoms with Gasteiger partial charge in [-0.2, -0.15) is 0 Å². The minimum absolute atomic E-state index is 0.0727. The molecule has 1 saturated carbocycles. The predicted octanol–water partition coefficient (Wildman–Crippen LogP) is 4.99. The lowest BCUT2D eigenvalue weighted by Crippen LogP contribution is -1.95. The normalized spacial score (nSPS) is 17.2. The van der Waals surface area contributed by atoms with Crippen LogP contribution in [0.3, 0.4) is 0 Å². The topological polar surface area (TPSA) is 17.1 Å². The molecule has 1 aromatic carbocycles. The summed E-state index contributed by atoms with van der Waals surface area (Å²) in [6.07, 6.45) is 6.78. The zero-order valence-corrected chi connectivity index (χ0v) is 11.8. The Balaban J connectivity index is 2.27. The number of ketones is 1. The van der Waals surface area contributed by atoms with Gasteiger partial charge in [-0.05, 0) is 61.4 Å². The van der Waals surface area contributed by atoms with E-state index in [-0.39, 0.29) is 5.78 Å². The van der Waals surface area contributed by atoms with Crippen LogP contribution in [0.4, 0.5) is 0 Å². The maximum atomic E-state index is 11.1. The van der Waals surface area contributed by atoms with Crippen molar-refractivity contribution in [2.45, 2.75) is 45.4 Å². The van der Waals surface area contributed by atoms with Gasteiger partial charge in [0.05, 0.1) is 0 Å². The number of allylic oxidation sites excluding steroid dienone is 2. The van der Waals surface area contributed by atoms with E-state index >= 15 is 0 Å². The van der Waals surface area contributed by atoms with E-state index in [1.165, 1.54) is 31.2 Å². The second-order valence-electron chi connectivity index (χ2n) is 5.16. The van der Waals surface area contributed by atoms with E-state index in [0.717, 1.165) is 16.2 Å². The lowest BCUT2D eigenvalue weighted by atomic mass is 9.95. The zero-order chi connectivity index (χ0) is 13.1. The zero-order valence-electron chi connectivity index (χ0n) is 11.0. The van der Waals surface area contributed by atoms with Crippen LogP contribution in [0.25, 0.3) is 5.57 Å². The van der Waals surface area contributed by atoms with Gasteiger partial charge >= 0.3 is 0 Å². The van der Waals surface area contributed by atoms with Crippen LogP contribution in [-0.2, 0) is 4.79 Å². The van der Waals surface area contributed by atoms with Gasteiger partial charge < -0.3 is 0 Å². The molecule has 1 aliphatic carbocycles. The molecule has 1 fully saturated rings. The molecule has 2 rings (SSSR count). The molecule has 0 spiro atoms. The third-order valence-electron chi connectivity index (χ3n) is 3.67. The van der Waals surface area contributed by atoms with Crippen molar-refractivity contribution >= 4 is 23.0 Å². The van der Waals surface area contributed by atoms with Gasteiger partial charge in [-0.25, -0.2) is 0 Å². The molecule has 96 valence electrons. The van der Waals surface area contributed by atoms with E-state index in [1.807, 2.05) is 13.0 Å². The van der Waals surface area contributed by atoms with Crippen molar-refractivity contribution in [1.29, 1.82) is 0 Å². The second kappa shape index (κ2) is 5.71. The Morgan fingerprint density at radius 1 is 1.28 bits per heavy atom. The molecular formula is C16H19ClO. The van der Waals surface area contributed by atoms with Crippen molar-refractivity contribution in [2.75, 3.05) is 0 Å².